The lowest BCUT2D eigenvalue weighted by Gasteiger charge is -2.27. The van der Waals surface area contributed by atoms with Crippen LogP contribution in [0.25, 0.3) is 0 Å². The van der Waals surface area contributed by atoms with E-state index in [9.17, 15) is 4.79 Å². The molecule has 0 aliphatic carbocycles. The van der Waals surface area contributed by atoms with E-state index in [2.05, 4.69) is 21.0 Å². The van der Waals surface area contributed by atoms with E-state index in [0.717, 1.165) is 33.5 Å². The number of carbonyl (C=O) groups is 1. The fourth-order valence-electron chi connectivity index (χ4n) is 2.85. The molecule has 0 unspecified atom stereocenters. The Kier molecular flexibility index (Phi) is 4.56. The monoisotopic (exact) mass is 379 g/mol. The fraction of sp³-hybridized carbons (Fsp3) is 0.375. The molecule has 0 atom stereocenters. The largest absolute Gasteiger partial charge is 0.493 e. The van der Waals surface area contributed by atoms with Crippen LogP contribution in [0.15, 0.2) is 28.9 Å². The summed E-state index contributed by atoms with van der Waals surface area (Å²) in [6.45, 7) is 1.49. The maximum Gasteiger partial charge on any atom is 0.407 e. The second-order valence-electron chi connectivity index (χ2n) is 5.51. The highest BCUT2D eigenvalue weighted by Gasteiger charge is 2.22. The highest BCUT2D eigenvalue weighted by Crippen LogP contribution is 2.28. The first-order chi connectivity index (χ1) is 11.1. The minimum Gasteiger partial charge on any atom is -0.493 e. The number of aryl methyl sites for hydroxylation is 1. The van der Waals surface area contributed by atoms with Gasteiger partial charge < -0.3 is 14.7 Å². The first kappa shape index (κ1) is 15.9. The molecule has 1 aliphatic rings. The van der Waals surface area contributed by atoms with Gasteiger partial charge in [-0.1, -0.05) is 12.1 Å². The van der Waals surface area contributed by atoms with Crippen molar-refractivity contribution in [1.82, 2.24) is 14.7 Å². The van der Waals surface area contributed by atoms with E-state index >= 15 is 0 Å². The second kappa shape index (κ2) is 6.62. The maximum absolute atomic E-state index is 11.1. The Balaban J connectivity index is 1.68. The molecule has 0 saturated heterocycles. The van der Waals surface area contributed by atoms with Gasteiger partial charge in [0.1, 0.15) is 5.75 Å². The van der Waals surface area contributed by atoms with E-state index in [1.807, 2.05) is 29.9 Å². The van der Waals surface area contributed by atoms with E-state index in [1.165, 1.54) is 4.90 Å². The SMILES string of the molecule is Cn1ncc(Br)c1CCOc1cccc2c1CCN(C(=O)O)C2. The molecule has 0 bridgehead atoms. The van der Waals surface area contributed by atoms with Crippen molar-refractivity contribution < 1.29 is 14.6 Å². The van der Waals surface area contributed by atoms with E-state index in [1.54, 1.807) is 6.20 Å². The molecule has 0 saturated carbocycles. The van der Waals surface area contributed by atoms with Crippen LogP contribution in [0.2, 0.25) is 0 Å². The van der Waals surface area contributed by atoms with Crippen molar-refractivity contribution in [3.8, 4) is 5.75 Å². The van der Waals surface area contributed by atoms with Gasteiger partial charge in [-0.3, -0.25) is 4.68 Å². The minimum absolute atomic E-state index is 0.426. The smallest absolute Gasteiger partial charge is 0.407 e. The number of hydrogen-bond donors (Lipinski definition) is 1. The number of aromatic nitrogens is 2. The van der Waals surface area contributed by atoms with Crippen molar-refractivity contribution in [2.45, 2.75) is 19.4 Å². The van der Waals surface area contributed by atoms with Gasteiger partial charge in [-0.15, -0.1) is 0 Å². The number of amides is 1. The summed E-state index contributed by atoms with van der Waals surface area (Å²) in [5.74, 6) is 0.853. The molecule has 7 heteroatoms. The Morgan fingerprint density at radius 3 is 3.00 bits per heavy atom. The molecule has 6 nitrogen and oxygen atoms in total. The molecule has 1 N–H and O–H groups in total. The van der Waals surface area contributed by atoms with Crippen LogP contribution in [-0.2, 0) is 26.4 Å². The predicted molar refractivity (Wildman–Crippen MR) is 88.7 cm³/mol. The summed E-state index contributed by atoms with van der Waals surface area (Å²) in [5, 5.41) is 13.3. The first-order valence-corrected chi connectivity index (χ1v) is 8.23. The van der Waals surface area contributed by atoms with Gasteiger partial charge in [0.05, 0.1) is 23.0 Å². The van der Waals surface area contributed by atoms with E-state index in [0.29, 0.717) is 26.1 Å². The van der Waals surface area contributed by atoms with Gasteiger partial charge in [0.2, 0.25) is 0 Å². The molecule has 1 aromatic heterocycles. The molecule has 3 rings (SSSR count). The highest BCUT2D eigenvalue weighted by molar-refractivity contribution is 9.10. The van der Waals surface area contributed by atoms with E-state index < -0.39 is 6.09 Å². The Hall–Kier alpha value is -2.02. The molecule has 1 amide bonds. The highest BCUT2D eigenvalue weighted by atomic mass is 79.9. The average molecular weight is 380 g/mol. The Bertz CT molecular complexity index is 710. The van der Waals surface area contributed by atoms with Gasteiger partial charge in [-0.25, -0.2) is 4.79 Å². The van der Waals surface area contributed by atoms with Crippen LogP contribution in [0.4, 0.5) is 4.79 Å². The number of carboxylic acid groups (broad SMARTS) is 1. The number of ether oxygens (including phenoxy) is 1. The van der Waals surface area contributed by atoms with Crippen molar-refractivity contribution in [2.75, 3.05) is 13.2 Å². The molecule has 23 heavy (non-hydrogen) atoms. The number of fused-ring (bicyclic) bond motifs is 1. The Morgan fingerprint density at radius 2 is 2.30 bits per heavy atom. The molecule has 2 heterocycles. The number of rotatable bonds is 4. The topological polar surface area (TPSA) is 67.6 Å². The van der Waals surface area contributed by atoms with Crippen molar-refractivity contribution in [3.05, 3.63) is 45.7 Å². The van der Waals surface area contributed by atoms with Gasteiger partial charge in [0, 0.05) is 32.1 Å². The molecule has 0 spiro atoms. The van der Waals surface area contributed by atoms with Gasteiger partial charge in [-0.2, -0.15) is 5.10 Å². The molecular formula is C16H18BrN3O3. The third-order valence-electron chi connectivity index (χ3n) is 4.10. The van der Waals surface area contributed by atoms with Crippen molar-refractivity contribution in [1.29, 1.82) is 0 Å². The standard InChI is InChI=1S/C16H18BrN3O3/c1-19-14(13(17)9-18-19)6-8-23-15-4-2-3-11-10-20(16(21)22)7-5-12(11)15/h2-4,9H,5-8,10H2,1H3,(H,21,22). The number of benzene rings is 1. The van der Waals surface area contributed by atoms with Crippen LogP contribution < -0.4 is 4.74 Å². The third-order valence-corrected chi connectivity index (χ3v) is 4.76. The lowest BCUT2D eigenvalue weighted by Crippen LogP contribution is -2.34. The summed E-state index contributed by atoms with van der Waals surface area (Å²) in [5.41, 5.74) is 3.23. The maximum atomic E-state index is 11.1. The second-order valence-corrected chi connectivity index (χ2v) is 6.36. The molecule has 1 aliphatic heterocycles. The zero-order valence-corrected chi connectivity index (χ0v) is 14.4. The van der Waals surface area contributed by atoms with E-state index in [4.69, 9.17) is 9.84 Å². The van der Waals surface area contributed by atoms with Gasteiger partial charge in [-0.05, 0) is 34.0 Å². The first-order valence-electron chi connectivity index (χ1n) is 7.44. The van der Waals surface area contributed by atoms with Gasteiger partial charge in [0.25, 0.3) is 0 Å². The predicted octanol–water partition coefficient (Wildman–Crippen LogP) is 2.84. The van der Waals surface area contributed by atoms with Crippen molar-refractivity contribution in [2.24, 2.45) is 7.05 Å². The van der Waals surface area contributed by atoms with Crippen LogP contribution in [-0.4, -0.2) is 39.0 Å². The van der Waals surface area contributed by atoms with Gasteiger partial charge >= 0.3 is 6.09 Å². The number of nitrogens with zero attached hydrogens (tertiary/aromatic N) is 3. The summed E-state index contributed by atoms with van der Waals surface area (Å²) < 4.78 is 8.77. The lowest BCUT2D eigenvalue weighted by atomic mass is 9.99. The summed E-state index contributed by atoms with van der Waals surface area (Å²) in [4.78, 5) is 12.5. The summed E-state index contributed by atoms with van der Waals surface area (Å²) in [6, 6.07) is 5.84. The number of hydrogen-bond acceptors (Lipinski definition) is 3. The minimum atomic E-state index is -0.872. The third kappa shape index (κ3) is 3.34. The molecule has 2 aromatic rings. The summed E-state index contributed by atoms with van der Waals surface area (Å²) >= 11 is 3.48. The Labute approximate surface area is 142 Å². The Morgan fingerprint density at radius 1 is 1.48 bits per heavy atom. The van der Waals surface area contributed by atoms with Crippen LogP contribution in [0, 0.1) is 0 Å². The van der Waals surface area contributed by atoms with Crippen molar-refractivity contribution in [3.63, 3.8) is 0 Å². The van der Waals surface area contributed by atoms with Crippen LogP contribution >= 0.6 is 15.9 Å². The van der Waals surface area contributed by atoms with Crippen LogP contribution in [0.5, 0.6) is 5.75 Å². The normalized spacial score (nSPS) is 13.7. The lowest BCUT2D eigenvalue weighted by molar-refractivity contribution is 0.139. The zero-order chi connectivity index (χ0) is 16.4. The summed E-state index contributed by atoms with van der Waals surface area (Å²) in [7, 11) is 1.91. The molecule has 122 valence electrons. The van der Waals surface area contributed by atoms with Crippen molar-refractivity contribution >= 4 is 22.0 Å². The zero-order valence-electron chi connectivity index (χ0n) is 12.8. The van der Waals surface area contributed by atoms with Crippen LogP contribution in [0.3, 0.4) is 0 Å². The quantitative estimate of drug-likeness (QED) is 0.886. The molecule has 1 aromatic carbocycles. The van der Waals surface area contributed by atoms with Gasteiger partial charge in [0.15, 0.2) is 0 Å². The molecule has 0 fully saturated rings. The average Bonchev–Trinajstić information content (AvgIpc) is 2.86. The summed E-state index contributed by atoms with van der Waals surface area (Å²) in [6.07, 6.45) is 2.35. The van der Waals surface area contributed by atoms with Crippen LogP contribution in [0.1, 0.15) is 16.8 Å². The number of halogens is 1. The molecular weight excluding hydrogens is 362 g/mol. The molecule has 0 radical (unpaired) electrons. The fourth-order valence-corrected chi connectivity index (χ4v) is 3.39. The van der Waals surface area contributed by atoms with E-state index in [-0.39, 0.29) is 0 Å².